The number of alkyl halides is 3. The lowest BCUT2D eigenvalue weighted by molar-refractivity contribution is -0.137. The summed E-state index contributed by atoms with van der Waals surface area (Å²) in [4.78, 5) is 0. The Bertz CT molecular complexity index is 421. The lowest BCUT2D eigenvalue weighted by atomic mass is 9.96. The van der Waals surface area contributed by atoms with Gasteiger partial charge in [-0.2, -0.15) is 13.2 Å². The zero-order valence-corrected chi connectivity index (χ0v) is 12.6. The fourth-order valence-corrected chi connectivity index (χ4v) is 1.80. The Morgan fingerprint density at radius 2 is 1.75 bits per heavy atom. The van der Waals surface area contributed by atoms with Crippen molar-refractivity contribution in [3.8, 4) is 5.75 Å². The van der Waals surface area contributed by atoms with Crippen LogP contribution in [0.15, 0.2) is 18.2 Å². The molecule has 0 saturated heterocycles. The topological polar surface area (TPSA) is 35.2 Å². The summed E-state index contributed by atoms with van der Waals surface area (Å²) in [7, 11) is 1.35. The van der Waals surface area contributed by atoms with E-state index in [2.05, 4.69) is 13.8 Å². The van der Waals surface area contributed by atoms with Crippen molar-refractivity contribution >= 4 is 12.4 Å². The van der Waals surface area contributed by atoms with E-state index in [9.17, 15) is 13.2 Å². The average molecular weight is 312 g/mol. The van der Waals surface area contributed by atoms with E-state index in [1.54, 1.807) is 6.07 Å². The van der Waals surface area contributed by atoms with Crippen LogP contribution in [0.3, 0.4) is 0 Å². The van der Waals surface area contributed by atoms with Crippen LogP contribution in [0, 0.1) is 5.92 Å². The Balaban J connectivity index is 0.00000361. The largest absolute Gasteiger partial charge is 0.497 e. The average Bonchev–Trinajstić information content (AvgIpc) is 2.34. The summed E-state index contributed by atoms with van der Waals surface area (Å²) in [5.74, 6) is 0.656. The monoisotopic (exact) mass is 311 g/mol. The molecule has 6 heteroatoms. The summed E-state index contributed by atoms with van der Waals surface area (Å²) >= 11 is 0. The Morgan fingerprint density at radius 3 is 2.20 bits per heavy atom. The van der Waals surface area contributed by atoms with Gasteiger partial charge in [0.1, 0.15) is 5.75 Å². The van der Waals surface area contributed by atoms with Crippen molar-refractivity contribution < 1.29 is 17.9 Å². The number of ether oxygens (including phenoxy) is 1. The second-order valence-corrected chi connectivity index (χ2v) is 5.07. The zero-order valence-electron chi connectivity index (χ0n) is 11.8. The van der Waals surface area contributed by atoms with Crippen molar-refractivity contribution in [1.29, 1.82) is 0 Å². The van der Waals surface area contributed by atoms with E-state index < -0.39 is 17.8 Å². The smallest absolute Gasteiger partial charge is 0.416 e. The van der Waals surface area contributed by atoms with Gasteiger partial charge in [0.25, 0.3) is 0 Å². The van der Waals surface area contributed by atoms with Crippen LogP contribution in [-0.2, 0) is 6.18 Å². The number of nitrogens with two attached hydrogens (primary N) is 1. The van der Waals surface area contributed by atoms with Crippen LogP contribution in [-0.4, -0.2) is 7.11 Å². The number of hydrogen-bond donors (Lipinski definition) is 1. The van der Waals surface area contributed by atoms with Crippen molar-refractivity contribution in [2.24, 2.45) is 11.7 Å². The molecule has 0 amide bonds. The number of benzene rings is 1. The predicted molar refractivity (Wildman–Crippen MR) is 76.2 cm³/mol. The molecule has 0 radical (unpaired) electrons. The Labute approximate surface area is 123 Å². The highest BCUT2D eigenvalue weighted by atomic mass is 35.5. The molecule has 1 aromatic rings. The minimum absolute atomic E-state index is 0. The molecule has 0 heterocycles. The zero-order chi connectivity index (χ0) is 14.6. The molecule has 1 aromatic carbocycles. The Morgan fingerprint density at radius 1 is 1.15 bits per heavy atom. The first-order chi connectivity index (χ1) is 8.74. The number of rotatable bonds is 5. The van der Waals surface area contributed by atoms with Gasteiger partial charge in [-0.15, -0.1) is 12.4 Å². The van der Waals surface area contributed by atoms with E-state index in [1.165, 1.54) is 7.11 Å². The maximum absolute atomic E-state index is 12.8. The van der Waals surface area contributed by atoms with Crippen LogP contribution in [0.5, 0.6) is 5.75 Å². The lowest BCUT2D eigenvalue weighted by Gasteiger charge is -2.17. The molecule has 0 aromatic heterocycles. The fourth-order valence-electron chi connectivity index (χ4n) is 1.80. The van der Waals surface area contributed by atoms with Gasteiger partial charge in [0.15, 0.2) is 0 Å². The summed E-state index contributed by atoms with van der Waals surface area (Å²) < 4.78 is 43.2. The van der Waals surface area contributed by atoms with Gasteiger partial charge in [-0.1, -0.05) is 13.8 Å². The molecular formula is C14H21ClF3NO. The molecule has 0 unspecified atom stereocenters. The first-order valence-corrected chi connectivity index (χ1v) is 6.25. The second kappa shape index (κ2) is 7.74. The van der Waals surface area contributed by atoms with Crippen LogP contribution >= 0.6 is 12.4 Å². The lowest BCUT2D eigenvalue weighted by Crippen LogP contribution is -2.14. The van der Waals surface area contributed by atoms with Crippen molar-refractivity contribution in [3.05, 3.63) is 29.3 Å². The van der Waals surface area contributed by atoms with Crippen LogP contribution in [0.2, 0.25) is 0 Å². The molecule has 0 spiro atoms. The summed E-state index contributed by atoms with van der Waals surface area (Å²) in [6.07, 6.45) is -2.86. The highest BCUT2D eigenvalue weighted by Crippen LogP contribution is 2.34. The Hall–Kier alpha value is -0.940. The first-order valence-electron chi connectivity index (χ1n) is 6.25. The maximum Gasteiger partial charge on any atom is 0.416 e. The number of hydrogen-bond acceptors (Lipinski definition) is 2. The van der Waals surface area contributed by atoms with E-state index in [0.717, 1.165) is 18.6 Å². The molecule has 2 N–H and O–H groups in total. The minimum Gasteiger partial charge on any atom is -0.497 e. The molecule has 0 aliphatic rings. The van der Waals surface area contributed by atoms with Gasteiger partial charge in [-0.3, -0.25) is 0 Å². The summed E-state index contributed by atoms with van der Waals surface area (Å²) in [6, 6.07) is 3.26. The molecule has 116 valence electrons. The molecular weight excluding hydrogens is 291 g/mol. The minimum atomic E-state index is -4.39. The number of halogens is 4. The van der Waals surface area contributed by atoms with E-state index in [1.807, 2.05) is 0 Å². The van der Waals surface area contributed by atoms with Gasteiger partial charge in [0.2, 0.25) is 0 Å². The number of methoxy groups -OCH3 is 1. The van der Waals surface area contributed by atoms with Crippen LogP contribution in [0.25, 0.3) is 0 Å². The molecule has 0 aliphatic carbocycles. The van der Waals surface area contributed by atoms with Gasteiger partial charge in [-0.05, 0) is 42.5 Å². The van der Waals surface area contributed by atoms with Gasteiger partial charge in [0.05, 0.1) is 12.7 Å². The normalized spacial score (nSPS) is 13.0. The molecule has 0 bridgehead atoms. The maximum atomic E-state index is 12.8. The summed E-state index contributed by atoms with van der Waals surface area (Å²) in [6.45, 7) is 4.11. The van der Waals surface area contributed by atoms with E-state index in [-0.39, 0.29) is 18.2 Å². The summed E-state index contributed by atoms with van der Waals surface area (Å²) in [5.41, 5.74) is 5.70. The highest BCUT2D eigenvalue weighted by Gasteiger charge is 2.31. The van der Waals surface area contributed by atoms with E-state index in [4.69, 9.17) is 10.5 Å². The molecule has 0 aliphatic heterocycles. The van der Waals surface area contributed by atoms with Gasteiger partial charge < -0.3 is 10.5 Å². The first kappa shape index (κ1) is 19.1. The third-order valence-corrected chi connectivity index (χ3v) is 2.98. The SMILES string of the molecule is COc1cc([C@@H](N)CCC(C)C)cc(C(F)(F)F)c1.Cl. The van der Waals surface area contributed by atoms with Crippen molar-refractivity contribution in [2.75, 3.05) is 7.11 Å². The molecule has 0 fully saturated rings. The highest BCUT2D eigenvalue weighted by molar-refractivity contribution is 5.85. The van der Waals surface area contributed by atoms with E-state index >= 15 is 0 Å². The quantitative estimate of drug-likeness (QED) is 0.864. The molecule has 0 saturated carbocycles. The van der Waals surface area contributed by atoms with Crippen LogP contribution in [0.4, 0.5) is 13.2 Å². The standard InChI is InChI=1S/C14H20F3NO.ClH/c1-9(2)4-5-13(18)10-6-11(14(15,16)17)8-12(7-10)19-3;/h6-9,13H,4-5,18H2,1-3H3;1H/t13-;/m0./s1. The van der Waals surface area contributed by atoms with Crippen molar-refractivity contribution in [1.82, 2.24) is 0 Å². The molecule has 2 nitrogen and oxygen atoms in total. The van der Waals surface area contributed by atoms with Crippen molar-refractivity contribution in [2.45, 2.75) is 38.9 Å². The Kier molecular flexibility index (Phi) is 7.38. The van der Waals surface area contributed by atoms with Crippen LogP contribution in [0.1, 0.15) is 43.9 Å². The van der Waals surface area contributed by atoms with Gasteiger partial charge in [0, 0.05) is 6.04 Å². The summed E-state index contributed by atoms with van der Waals surface area (Å²) in [5, 5.41) is 0. The second-order valence-electron chi connectivity index (χ2n) is 5.07. The third kappa shape index (κ3) is 5.59. The molecule has 20 heavy (non-hydrogen) atoms. The van der Waals surface area contributed by atoms with Gasteiger partial charge >= 0.3 is 6.18 Å². The van der Waals surface area contributed by atoms with Crippen molar-refractivity contribution in [3.63, 3.8) is 0 Å². The van der Waals surface area contributed by atoms with Gasteiger partial charge in [-0.25, -0.2) is 0 Å². The third-order valence-electron chi connectivity index (χ3n) is 2.98. The fraction of sp³-hybridized carbons (Fsp3) is 0.571. The molecule has 1 rings (SSSR count). The van der Waals surface area contributed by atoms with Crippen LogP contribution < -0.4 is 10.5 Å². The predicted octanol–water partition coefficient (Wildman–Crippen LogP) is 4.57. The van der Waals surface area contributed by atoms with E-state index in [0.29, 0.717) is 17.9 Å². The molecule has 1 atom stereocenters.